The number of hydrogen-bond donors (Lipinski definition) is 2. The van der Waals surface area contributed by atoms with E-state index in [1.807, 2.05) is 0 Å². The smallest absolute Gasteiger partial charge is 0.151 e. The van der Waals surface area contributed by atoms with Gasteiger partial charge in [-0.15, -0.1) is 0 Å². The van der Waals surface area contributed by atoms with Gasteiger partial charge in [0.15, 0.2) is 5.15 Å². The van der Waals surface area contributed by atoms with Crippen LogP contribution in [-0.4, -0.2) is 16.0 Å². The fourth-order valence-electron chi connectivity index (χ4n) is 2.74. The van der Waals surface area contributed by atoms with Gasteiger partial charge in [0.2, 0.25) is 0 Å². The Morgan fingerprint density at radius 3 is 2.90 bits per heavy atom. The van der Waals surface area contributed by atoms with Crippen LogP contribution in [0, 0.1) is 0 Å². The molecule has 1 aliphatic carbocycles. The number of aryl methyl sites for hydroxylation is 1. The summed E-state index contributed by atoms with van der Waals surface area (Å²) in [7, 11) is 0. The summed E-state index contributed by atoms with van der Waals surface area (Å²) in [6.45, 7) is 2.95. The lowest BCUT2D eigenvalue weighted by Gasteiger charge is -2.03. The van der Waals surface area contributed by atoms with Crippen molar-refractivity contribution < 1.29 is 0 Å². The van der Waals surface area contributed by atoms with Gasteiger partial charge in [-0.2, -0.15) is 0 Å². The Kier molecular flexibility index (Phi) is 4.61. The summed E-state index contributed by atoms with van der Waals surface area (Å²) < 4.78 is 0. The van der Waals surface area contributed by atoms with Crippen molar-refractivity contribution in [2.45, 2.75) is 51.1 Å². The molecule has 2 unspecified atom stereocenters. The Bertz CT molecular complexity index is 579. The first-order valence-electron chi connectivity index (χ1n) is 7.79. The zero-order chi connectivity index (χ0) is 14.7. The average molecular weight is 304 g/mol. The van der Waals surface area contributed by atoms with Gasteiger partial charge in [0.25, 0.3) is 0 Å². The van der Waals surface area contributed by atoms with Gasteiger partial charge in [-0.3, -0.25) is 0 Å². The lowest BCUT2D eigenvalue weighted by molar-refractivity contribution is 0.660. The Labute approximate surface area is 131 Å². The first-order valence-corrected chi connectivity index (χ1v) is 8.17. The molecule has 3 rings (SSSR count). The van der Waals surface area contributed by atoms with E-state index in [-0.39, 0.29) is 0 Å². The third kappa shape index (κ3) is 3.66. The maximum Gasteiger partial charge on any atom is 0.151 e. The molecule has 0 radical (unpaired) electrons. The number of aromatic amines is 1. The standard InChI is InChI=1S/C17H22ClN3/c1-2-3-9-16-20-15(17(18)21-16)11-19-14-10-13(14)12-7-5-4-6-8-12/h4-8,13-14,19H,2-3,9-11H2,1H3,(H,20,21). The molecule has 2 atom stereocenters. The Hall–Kier alpha value is -1.32. The quantitative estimate of drug-likeness (QED) is 0.810. The van der Waals surface area contributed by atoms with Crippen molar-refractivity contribution in [2.24, 2.45) is 0 Å². The number of aromatic nitrogens is 2. The topological polar surface area (TPSA) is 40.7 Å². The molecule has 0 spiro atoms. The fraction of sp³-hybridized carbons (Fsp3) is 0.471. The molecule has 1 heterocycles. The SMILES string of the molecule is CCCCc1nc(Cl)c(CNC2CC2c2ccccc2)[nH]1. The van der Waals surface area contributed by atoms with Crippen molar-refractivity contribution in [1.29, 1.82) is 0 Å². The molecule has 0 amide bonds. The molecule has 2 aromatic rings. The number of rotatable bonds is 7. The number of hydrogen-bond acceptors (Lipinski definition) is 2. The summed E-state index contributed by atoms with van der Waals surface area (Å²) in [5.41, 5.74) is 2.44. The molecule has 112 valence electrons. The zero-order valence-corrected chi connectivity index (χ0v) is 13.2. The minimum Gasteiger partial charge on any atom is -0.344 e. The molecule has 1 fully saturated rings. The first-order chi connectivity index (χ1) is 10.3. The van der Waals surface area contributed by atoms with Crippen LogP contribution in [0.1, 0.15) is 49.2 Å². The molecule has 1 aliphatic rings. The third-order valence-corrected chi connectivity index (χ3v) is 4.42. The van der Waals surface area contributed by atoms with Crippen molar-refractivity contribution >= 4 is 11.6 Å². The van der Waals surface area contributed by atoms with Gasteiger partial charge in [-0.1, -0.05) is 55.3 Å². The Morgan fingerprint density at radius 2 is 2.14 bits per heavy atom. The van der Waals surface area contributed by atoms with E-state index in [1.54, 1.807) is 0 Å². The minimum absolute atomic E-state index is 0.561. The van der Waals surface area contributed by atoms with Crippen molar-refractivity contribution in [3.05, 3.63) is 52.6 Å². The highest BCUT2D eigenvalue weighted by molar-refractivity contribution is 6.30. The first kappa shape index (κ1) is 14.6. The zero-order valence-electron chi connectivity index (χ0n) is 12.4. The second-order valence-electron chi connectivity index (χ2n) is 5.80. The Morgan fingerprint density at radius 1 is 1.33 bits per heavy atom. The van der Waals surface area contributed by atoms with Crippen LogP contribution in [0.2, 0.25) is 5.15 Å². The second-order valence-corrected chi connectivity index (χ2v) is 6.15. The molecule has 1 saturated carbocycles. The van der Waals surface area contributed by atoms with E-state index in [0.717, 1.165) is 30.9 Å². The fourth-order valence-corrected chi connectivity index (χ4v) is 2.96. The third-order valence-electron chi connectivity index (χ3n) is 4.10. The van der Waals surface area contributed by atoms with Crippen LogP contribution in [0.5, 0.6) is 0 Å². The van der Waals surface area contributed by atoms with E-state index in [9.17, 15) is 0 Å². The minimum atomic E-state index is 0.561. The maximum absolute atomic E-state index is 6.20. The lowest BCUT2D eigenvalue weighted by atomic mass is 10.1. The van der Waals surface area contributed by atoms with Gasteiger partial charge in [0, 0.05) is 24.9 Å². The number of imidazole rings is 1. The highest BCUT2D eigenvalue weighted by Gasteiger charge is 2.37. The molecule has 1 aromatic heterocycles. The molecule has 4 heteroatoms. The van der Waals surface area contributed by atoms with Gasteiger partial charge in [-0.25, -0.2) is 4.98 Å². The van der Waals surface area contributed by atoms with Gasteiger partial charge in [-0.05, 0) is 18.4 Å². The van der Waals surface area contributed by atoms with Crippen LogP contribution in [0.15, 0.2) is 30.3 Å². The van der Waals surface area contributed by atoms with Crippen LogP contribution in [0.25, 0.3) is 0 Å². The van der Waals surface area contributed by atoms with Gasteiger partial charge < -0.3 is 10.3 Å². The van der Waals surface area contributed by atoms with Crippen LogP contribution >= 0.6 is 11.6 Å². The average Bonchev–Trinajstić information content (AvgIpc) is 3.21. The van der Waals surface area contributed by atoms with Crippen LogP contribution in [-0.2, 0) is 13.0 Å². The van der Waals surface area contributed by atoms with E-state index in [0.29, 0.717) is 17.1 Å². The molecule has 0 saturated heterocycles. The molecule has 0 bridgehead atoms. The highest BCUT2D eigenvalue weighted by atomic mass is 35.5. The van der Waals surface area contributed by atoms with E-state index in [1.165, 1.54) is 18.4 Å². The largest absolute Gasteiger partial charge is 0.344 e. The summed E-state index contributed by atoms with van der Waals surface area (Å²) in [6, 6.07) is 11.3. The van der Waals surface area contributed by atoms with Crippen molar-refractivity contribution in [1.82, 2.24) is 15.3 Å². The number of nitrogens with zero attached hydrogens (tertiary/aromatic N) is 1. The maximum atomic E-state index is 6.20. The van der Waals surface area contributed by atoms with Crippen LogP contribution < -0.4 is 5.32 Å². The van der Waals surface area contributed by atoms with Crippen molar-refractivity contribution in [3.8, 4) is 0 Å². The number of benzene rings is 1. The summed E-state index contributed by atoms with van der Waals surface area (Å²) >= 11 is 6.20. The van der Waals surface area contributed by atoms with Gasteiger partial charge in [0.1, 0.15) is 5.82 Å². The van der Waals surface area contributed by atoms with Gasteiger partial charge in [0.05, 0.1) is 5.69 Å². The summed E-state index contributed by atoms with van der Waals surface area (Å²) in [6.07, 6.45) is 4.51. The van der Waals surface area contributed by atoms with Crippen molar-refractivity contribution in [3.63, 3.8) is 0 Å². The lowest BCUT2D eigenvalue weighted by Crippen LogP contribution is -2.17. The van der Waals surface area contributed by atoms with Crippen molar-refractivity contribution in [2.75, 3.05) is 0 Å². The number of halogens is 1. The monoisotopic (exact) mass is 303 g/mol. The molecule has 1 aromatic carbocycles. The normalized spacial score (nSPS) is 20.7. The summed E-state index contributed by atoms with van der Waals surface area (Å²) in [4.78, 5) is 7.74. The molecular weight excluding hydrogens is 282 g/mol. The molecule has 21 heavy (non-hydrogen) atoms. The van der Waals surface area contributed by atoms with E-state index < -0.39 is 0 Å². The number of unbranched alkanes of at least 4 members (excludes halogenated alkanes) is 1. The molecule has 3 nitrogen and oxygen atoms in total. The summed E-state index contributed by atoms with van der Waals surface area (Å²) in [5, 5.41) is 4.19. The highest BCUT2D eigenvalue weighted by Crippen LogP contribution is 2.40. The predicted molar refractivity (Wildman–Crippen MR) is 86.6 cm³/mol. The molecule has 2 N–H and O–H groups in total. The van der Waals surface area contributed by atoms with Gasteiger partial charge >= 0.3 is 0 Å². The number of nitrogens with one attached hydrogen (secondary N) is 2. The second kappa shape index (κ2) is 6.63. The number of H-pyrrole nitrogens is 1. The van der Waals surface area contributed by atoms with E-state index in [2.05, 4.69) is 52.5 Å². The predicted octanol–water partition coefficient (Wildman–Crippen LogP) is 4.05. The van der Waals surface area contributed by atoms with Crippen LogP contribution in [0.4, 0.5) is 0 Å². The Balaban J connectivity index is 1.51. The van der Waals surface area contributed by atoms with E-state index >= 15 is 0 Å². The molecule has 0 aliphatic heterocycles. The van der Waals surface area contributed by atoms with Crippen LogP contribution in [0.3, 0.4) is 0 Å². The molecular formula is C17H22ClN3. The van der Waals surface area contributed by atoms with E-state index in [4.69, 9.17) is 11.6 Å². The summed E-state index contributed by atoms with van der Waals surface area (Å²) in [5.74, 6) is 1.65.